The van der Waals surface area contributed by atoms with Crippen molar-refractivity contribution in [1.82, 2.24) is 0 Å². The van der Waals surface area contributed by atoms with Crippen molar-refractivity contribution in [3.63, 3.8) is 0 Å². The molecule has 0 fully saturated rings. The lowest BCUT2D eigenvalue weighted by atomic mass is 10.0. The van der Waals surface area contributed by atoms with E-state index in [-0.39, 0.29) is 11.7 Å². The van der Waals surface area contributed by atoms with Crippen LogP contribution in [0, 0.1) is 5.92 Å². The summed E-state index contributed by atoms with van der Waals surface area (Å²) in [4.78, 5) is 12.0. The van der Waals surface area contributed by atoms with Crippen molar-refractivity contribution in [1.29, 1.82) is 0 Å². The van der Waals surface area contributed by atoms with Crippen LogP contribution < -0.4 is 15.2 Å². The van der Waals surface area contributed by atoms with Crippen molar-refractivity contribution in [3.8, 4) is 11.5 Å². The topological polar surface area (TPSA) is 61.5 Å². The van der Waals surface area contributed by atoms with Crippen LogP contribution in [-0.2, 0) is 0 Å². The highest BCUT2D eigenvalue weighted by molar-refractivity contribution is 5.98. The Labute approximate surface area is 153 Å². The molecule has 3 aromatic carbocycles. The smallest absolute Gasteiger partial charge is 0.165 e. The van der Waals surface area contributed by atoms with Crippen LogP contribution in [0.4, 0.5) is 5.69 Å². The zero-order valence-corrected chi connectivity index (χ0v) is 15.1. The van der Waals surface area contributed by atoms with Gasteiger partial charge in [0, 0.05) is 16.9 Å². The van der Waals surface area contributed by atoms with Crippen LogP contribution in [-0.4, -0.2) is 19.0 Å². The molecule has 0 spiro atoms. The van der Waals surface area contributed by atoms with Gasteiger partial charge in [-0.3, -0.25) is 4.79 Å². The average Bonchev–Trinajstić information content (AvgIpc) is 2.65. The van der Waals surface area contributed by atoms with E-state index in [1.54, 1.807) is 18.2 Å². The maximum absolute atomic E-state index is 12.0. The minimum atomic E-state index is -0.0599. The van der Waals surface area contributed by atoms with Gasteiger partial charge in [-0.2, -0.15) is 0 Å². The van der Waals surface area contributed by atoms with E-state index in [9.17, 15) is 4.79 Å². The third-order valence-corrected chi connectivity index (χ3v) is 4.17. The summed E-state index contributed by atoms with van der Waals surface area (Å²) in [5.41, 5.74) is 7.08. The molecule has 4 heteroatoms. The molecule has 0 saturated heterocycles. The largest absolute Gasteiger partial charge is 0.489 e. The van der Waals surface area contributed by atoms with Crippen molar-refractivity contribution in [3.05, 3.63) is 66.2 Å². The van der Waals surface area contributed by atoms with Crippen LogP contribution in [0.1, 0.15) is 24.2 Å². The van der Waals surface area contributed by atoms with Gasteiger partial charge in [0.25, 0.3) is 0 Å². The van der Waals surface area contributed by atoms with Crippen LogP contribution in [0.5, 0.6) is 11.5 Å². The maximum Gasteiger partial charge on any atom is 0.165 e. The molecular formula is C22H23NO3. The molecule has 134 valence electrons. The monoisotopic (exact) mass is 349 g/mol. The molecule has 0 bridgehead atoms. The van der Waals surface area contributed by atoms with Gasteiger partial charge in [-0.15, -0.1) is 0 Å². The molecule has 0 radical (unpaired) electrons. The van der Waals surface area contributed by atoms with E-state index in [4.69, 9.17) is 15.2 Å². The molecule has 0 aliphatic rings. The van der Waals surface area contributed by atoms with Crippen molar-refractivity contribution in [2.45, 2.75) is 13.8 Å². The van der Waals surface area contributed by atoms with Gasteiger partial charge in [-0.1, -0.05) is 50.2 Å². The molecule has 3 rings (SSSR count). The lowest BCUT2D eigenvalue weighted by molar-refractivity contribution is 0.0939. The highest BCUT2D eigenvalue weighted by Gasteiger charge is 2.12. The summed E-state index contributed by atoms with van der Waals surface area (Å²) in [6.45, 7) is 4.51. The summed E-state index contributed by atoms with van der Waals surface area (Å²) in [5.74, 6) is 1.40. The van der Waals surface area contributed by atoms with Gasteiger partial charge in [0.05, 0.1) is 5.69 Å². The molecule has 0 saturated carbocycles. The van der Waals surface area contributed by atoms with Gasteiger partial charge < -0.3 is 15.2 Å². The van der Waals surface area contributed by atoms with Gasteiger partial charge in [0.2, 0.25) is 0 Å². The number of anilines is 1. The number of nitrogen functional groups attached to an aromatic ring is 1. The third kappa shape index (κ3) is 3.97. The van der Waals surface area contributed by atoms with E-state index < -0.39 is 0 Å². The molecule has 4 nitrogen and oxygen atoms in total. The van der Waals surface area contributed by atoms with Gasteiger partial charge in [-0.25, -0.2) is 0 Å². The minimum absolute atomic E-state index is 0.0599. The fraction of sp³-hybridized carbons (Fsp3) is 0.227. The number of hydrogen-bond acceptors (Lipinski definition) is 4. The van der Waals surface area contributed by atoms with Crippen LogP contribution >= 0.6 is 0 Å². The van der Waals surface area contributed by atoms with Crippen molar-refractivity contribution < 1.29 is 14.3 Å². The first-order chi connectivity index (χ1) is 12.6. The molecule has 0 aromatic heterocycles. The highest BCUT2D eigenvalue weighted by Crippen LogP contribution is 2.26. The quantitative estimate of drug-likeness (QED) is 0.381. The first kappa shape index (κ1) is 17.8. The van der Waals surface area contributed by atoms with E-state index in [0.29, 0.717) is 30.2 Å². The number of nitrogens with two attached hydrogens (primary N) is 1. The number of rotatable bonds is 7. The predicted octanol–water partition coefficient (Wildman–Crippen LogP) is 4.72. The lowest BCUT2D eigenvalue weighted by Gasteiger charge is -2.12. The normalized spacial score (nSPS) is 10.9. The van der Waals surface area contributed by atoms with Crippen LogP contribution in [0.2, 0.25) is 0 Å². The second-order valence-corrected chi connectivity index (χ2v) is 6.45. The number of carbonyl (C=O) groups excluding carboxylic acids is 1. The maximum atomic E-state index is 12.0. The Bertz CT molecular complexity index is 913. The fourth-order valence-corrected chi connectivity index (χ4v) is 2.79. The minimum Gasteiger partial charge on any atom is -0.489 e. The van der Waals surface area contributed by atoms with E-state index in [2.05, 4.69) is 12.1 Å². The Hall–Kier alpha value is -3.01. The number of ether oxygens (including phenoxy) is 2. The number of Topliss-reactive ketones (excluding diaryl/α,β-unsaturated/α-hetero) is 1. The summed E-state index contributed by atoms with van der Waals surface area (Å²) in [7, 11) is 0. The molecule has 26 heavy (non-hydrogen) atoms. The van der Waals surface area contributed by atoms with Gasteiger partial charge >= 0.3 is 0 Å². The zero-order valence-electron chi connectivity index (χ0n) is 15.1. The summed E-state index contributed by atoms with van der Waals surface area (Å²) < 4.78 is 11.6. The van der Waals surface area contributed by atoms with Gasteiger partial charge in [0.1, 0.15) is 24.7 Å². The Morgan fingerprint density at radius 1 is 0.923 bits per heavy atom. The van der Waals surface area contributed by atoms with Gasteiger partial charge in [-0.05, 0) is 29.7 Å². The predicted molar refractivity (Wildman–Crippen MR) is 105 cm³/mol. The molecule has 0 unspecified atom stereocenters. The Kier molecular flexibility index (Phi) is 5.42. The molecule has 0 heterocycles. The highest BCUT2D eigenvalue weighted by atomic mass is 16.5. The van der Waals surface area contributed by atoms with Crippen molar-refractivity contribution in [2.75, 3.05) is 18.9 Å². The van der Waals surface area contributed by atoms with Crippen LogP contribution in [0.25, 0.3) is 10.8 Å². The number of benzene rings is 3. The molecule has 2 N–H and O–H groups in total. The number of fused-ring (bicyclic) bond motifs is 1. The third-order valence-electron chi connectivity index (χ3n) is 4.17. The zero-order chi connectivity index (χ0) is 18.5. The number of hydrogen-bond donors (Lipinski definition) is 1. The lowest BCUT2D eigenvalue weighted by Crippen LogP contribution is -2.11. The summed E-state index contributed by atoms with van der Waals surface area (Å²) in [5, 5.41) is 2.21. The molecule has 0 aliphatic carbocycles. The summed E-state index contributed by atoms with van der Waals surface area (Å²) in [6, 6.07) is 19.2. The van der Waals surface area contributed by atoms with Crippen molar-refractivity contribution >= 4 is 22.2 Å². The molecule has 0 atom stereocenters. The van der Waals surface area contributed by atoms with E-state index in [1.807, 2.05) is 44.2 Å². The standard InChI is InChI=1S/C22H23NO3/c1-15(2)22(24)17-10-11-21(19(23)14-17)26-13-12-25-20-9-5-7-16-6-3-4-8-18(16)20/h3-11,14-15H,12-13,23H2,1-2H3. The molecular weight excluding hydrogens is 326 g/mol. The van der Waals surface area contributed by atoms with Gasteiger partial charge in [0.15, 0.2) is 5.78 Å². The summed E-state index contributed by atoms with van der Waals surface area (Å²) >= 11 is 0. The average molecular weight is 349 g/mol. The Morgan fingerprint density at radius 3 is 2.35 bits per heavy atom. The Morgan fingerprint density at radius 2 is 1.62 bits per heavy atom. The second kappa shape index (κ2) is 7.91. The second-order valence-electron chi connectivity index (χ2n) is 6.45. The summed E-state index contributed by atoms with van der Waals surface area (Å²) in [6.07, 6.45) is 0. The fourth-order valence-electron chi connectivity index (χ4n) is 2.79. The number of carbonyl (C=O) groups is 1. The van der Waals surface area contributed by atoms with E-state index in [0.717, 1.165) is 16.5 Å². The Balaban J connectivity index is 1.59. The van der Waals surface area contributed by atoms with Crippen LogP contribution in [0.15, 0.2) is 60.7 Å². The van der Waals surface area contributed by atoms with Crippen LogP contribution in [0.3, 0.4) is 0 Å². The van der Waals surface area contributed by atoms with Crippen molar-refractivity contribution in [2.24, 2.45) is 5.92 Å². The first-order valence-corrected chi connectivity index (χ1v) is 8.73. The number of ketones is 1. The van der Waals surface area contributed by atoms with E-state index in [1.165, 1.54) is 0 Å². The SMILES string of the molecule is CC(C)C(=O)c1ccc(OCCOc2cccc3ccccc23)c(N)c1. The first-order valence-electron chi connectivity index (χ1n) is 8.73. The molecule has 0 aliphatic heterocycles. The molecule has 0 amide bonds. The molecule has 3 aromatic rings. The van der Waals surface area contributed by atoms with E-state index >= 15 is 0 Å².